The third-order valence-corrected chi connectivity index (χ3v) is 3.88. The maximum Gasteiger partial charge on any atom is 0.271 e. The number of rotatable bonds is 6. The molecule has 0 saturated heterocycles. The van der Waals surface area contributed by atoms with E-state index in [1.807, 2.05) is 0 Å². The molecule has 6 nitrogen and oxygen atoms in total. The van der Waals surface area contributed by atoms with Crippen molar-refractivity contribution in [3.8, 4) is 11.6 Å². The van der Waals surface area contributed by atoms with E-state index in [0.29, 0.717) is 17.8 Å². The maximum absolute atomic E-state index is 13.1. The molecule has 1 unspecified atom stereocenters. The fourth-order valence-electron chi connectivity index (χ4n) is 2.45. The molecule has 0 saturated carbocycles. The minimum absolute atomic E-state index is 0.0602. The number of amides is 1. The van der Waals surface area contributed by atoms with Crippen LogP contribution in [0.3, 0.4) is 0 Å². The van der Waals surface area contributed by atoms with E-state index in [2.05, 4.69) is 10.4 Å². The number of nitrogens with one attached hydrogen (secondary N) is 1. The number of hydrogen-bond acceptors (Lipinski definition) is 4. The SMILES string of the molecule is CCC(Oc1ccc(=O)n(-c2ccc(F)cc2)n1)C(=O)Nc1ccc(F)cc1. The standard InChI is InChI=1S/C20H17F2N3O3/c1-2-17(20(27)23-15-7-3-13(21)4-8-15)28-18-11-12-19(26)25(24-18)16-9-5-14(22)6-10-16/h3-12,17H,2H2,1H3,(H,23,27). The van der Waals surface area contributed by atoms with Gasteiger partial charge in [-0.1, -0.05) is 6.92 Å². The Bertz CT molecular complexity index is 1020. The van der Waals surface area contributed by atoms with Gasteiger partial charge >= 0.3 is 0 Å². The van der Waals surface area contributed by atoms with E-state index < -0.39 is 29.2 Å². The molecule has 0 aliphatic rings. The molecule has 3 rings (SSSR count). The minimum atomic E-state index is -0.878. The molecule has 0 fully saturated rings. The van der Waals surface area contributed by atoms with Crippen LogP contribution in [0, 0.1) is 11.6 Å². The summed E-state index contributed by atoms with van der Waals surface area (Å²) in [4.78, 5) is 24.5. The Morgan fingerprint density at radius 1 is 1.04 bits per heavy atom. The van der Waals surface area contributed by atoms with Gasteiger partial charge in [0.1, 0.15) is 11.6 Å². The zero-order valence-corrected chi connectivity index (χ0v) is 14.9. The Balaban J connectivity index is 1.78. The number of aromatic nitrogens is 2. The molecule has 1 aromatic heterocycles. The van der Waals surface area contributed by atoms with E-state index in [1.54, 1.807) is 6.92 Å². The molecule has 3 aromatic rings. The third-order valence-electron chi connectivity index (χ3n) is 3.88. The molecule has 0 spiro atoms. The predicted octanol–water partition coefficient (Wildman–Crippen LogP) is 3.31. The lowest BCUT2D eigenvalue weighted by Gasteiger charge is -2.17. The summed E-state index contributed by atoms with van der Waals surface area (Å²) in [5.74, 6) is -1.22. The Kier molecular flexibility index (Phi) is 5.78. The summed E-state index contributed by atoms with van der Waals surface area (Å²) in [6.07, 6.45) is -0.540. The van der Waals surface area contributed by atoms with Crippen LogP contribution >= 0.6 is 0 Å². The highest BCUT2D eigenvalue weighted by atomic mass is 19.1. The number of halogens is 2. The first kappa shape index (κ1) is 19.2. The topological polar surface area (TPSA) is 73.2 Å². The molecule has 1 N–H and O–H groups in total. The number of ether oxygens (including phenoxy) is 1. The van der Waals surface area contributed by atoms with E-state index in [9.17, 15) is 18.4 Å². The summed E-state index contributed by atoms with van der Waals surface area (Å²) in [5, 5.41) is 6.73. The van der Waals surface area contributed by atoms with Crippen molar-refractivity contribution < 1.29 is 18.3 Å². The number of hydrogen-bond donors (Lipinski definition) is 1. The van der Waals surface area contributed by atoms with Gasteiger partial charge in [0.2, 0.25) is 5.88 Å². The average Bonchev–Trinajstić information content (AvgIpc) is 2.69. The van der Waals surface area contributed by atoms with E-state index in [4.69, 9.17) is 4.74 Å². The monoisotopic (exact) mass is 385 g/mol. The van der Waals surface area contributed by atoms with E-state index in [0.717, 1.165) is 4.68 Å². The zero-order valence-electron chi connectivity index (χ0n) is 14.9. The number of carbonyl (C=O) groups is 1. The number of nitrogens with zero attached hydrogens (tertiary/aromatic N) is 2. The van der Waals surface area contributed by atoms with E-state index in [1.165, 1.54) is 60.7 Å². The lowest BCUT2D eigenvalue weighted by Crippen LogP contribution is -2.33. The van der Waals surface area contributed by atoms with Gasteiger partial charge in [-0.2, -0.15) is 4.68 Å². The summed E-state index contributed by atoms with van der Waals surface area (Å²) >= 11 is 0. The van der Waals surface area contributed by atoms with Crippen LogP contribution in [-0.4, -0.2) is 21.8 Å². The molecular weight excluding hydrogens is 368 g/mol. The van der Waals surface area contributed by atoms with Gasteiger partial charge in [0, 0.05) is 17.8 Å². The van der Waals surface area contributed by atoms with Gasteiger partial charge in [0.25, 0.3) is 11.5 Å². The molecule has 0 aliphatic carbocycles. The first-order valence-corrected chi connectivity index (χ1v) is 8.55. The fourth-order valence-corrected chi connectivity index (χ4v) is 2.45. The summed E-state index contributed by atoms with van der Waals surface area (Å²) < 4.78 is 32.8. The molecule has 8 heteroatoms. The fraction of sp³-hybridized carbons (Fsp3) is 0.150. The van der Waals surface area contributed by atoms with Crippen LogP contribution in [0.15, 0.2) is 65.5 Å². The van der Waals surface area contributed by atoms with E-state index >= 15 is 0 Å². The Hall–Kier alpha value is -3.55. The van der Waals surface area contributed by atoms with Gasteiger partial charge in [0.15, 0.2) is 6.10 Å². The van der Waals surface area contributed by atoms with Crippen molar-refractivity contribution in [3.63, 3.8) is 0 Å². The second kappa shape index (κ2) is 8.43. The van der Waals surface area contributed by atoms with Crippen LogP contribution in [0.2, 0.25) is 0 Å². The van der Waals surface area contributed by atoms with Crippen LogP contribution < -0.4 is 15.6 Å². The minimum Gasteiger partial charge on any atom is -0.463 e. The lowest BCUT2D eigenvalue weighted by atomic mass is 10.2. The summed E-state index contributed by atoms with van der Waals surface area (Å²) in [6, 6.07) is 13.2. The zero-order chi connectivity index (χ0) is 20.1. The number of carbonyl (C=O) groups excluding carboxylic acids is 1. The van der Waals surface area contributed by atoms with Crippen molar-refractivity contribution in [3.05, 3.63) is 82.7 Å². The summed E-state index contributed by atoms with van der Waals surface area (Å²) in [6.45, 7) is 1.75. The first-order valence-electron chi connectivity index (χ1n) is 8.55. The van der Waals surface area contributed by atoms with Crippen LogP contribution in [0.1, 0.15) is 13.3 Å². The Labute approximate surface area is 159 Å². The third kappa shape index (κ3) is 4.59. The van der Waals surface area contributed by atoms with Crippen LogP contribution in [0.5, 0.6) is 5.88 Å². The van der Waals surface area contributed by atoms with Crippen molar-refractivity contribution in [1.82, 2.24) is 9.78 Å². The second-order valence-electron chi connectivity index (χ2n) is 5.91. The Morgan fingerprint density at radius 2 is 1.64 bits per heavy atom. The molecule has 28 heavy (non-hydrogen) atoms. The van der Waals surface area contributed by atoms with Crippen LogP contribution in [0.4, 0.5) is 14.5 Å². The van der Waals surface area contributed by atoms with Gasteiger partial charge < -0.3 is 10.1 Å². The van der Waals surface area contributed by atoms with Gasteiger partial charge in [-0.25, -0.2) is 8.78 Å². The van der Waals surface area contributed by atoms with Gasteiger partial charge in [-0.15, -0.1) is 5.10 Å². The normalized spacial score (nSPS) is 11.7. The van der Waals surface area contributed by atoms with Gasteiger partial charge in [-0.3, -0.25) is 9.59 Å². The van der Waals surface area contributed by atoms with Gasteiger partial charge in [0.05, 0.1) is 5.69 Å². The van der Waals surface area contributed by atoms with Crippen LogP contribution in [-0.2, 0) is 4.79 Å². The van der Waals surface area contributed by atoms with Crippen molar-refractivity contribution in [2.24, 2.45) is 0 Å². The molecule has 0 bridgehead atoms. The summed E-state index contributed by atoms with van der Waals surface area (Å²) in [5.41, 5.74) is 0.362. The summed E-state index contributed by atoms with van der Waals surface area (Å²) in [7, 11) is 0. The predicted molar refractivity (Wildman–Crippen MR) is 99.5 cm³/mol. The number of anilines is 1. The van der Waals surface area contributed by atoms with Crippen molar-refractivity contribution in [2.75, 3.05) is 5.32 Å². The van der Waals surface area contributed by atoms with Crippen molar-refractivity contribution >= 4 is 11.6 Å². The van der Waals surface area contributed by atoms with Crippen LogP contribution in [0.25, 0.3) is 5.69 Å². The first-order chi connectivity index (χ1) is 13.5. The smallest absolute Gasteiger partial charge is 0.271 e. The largest absolute Gasteiger partial charge is 0.463 e. The Morgan fingerprint density at radius 3 is 2.25 bits per heavy atom. The number of benzene rings is 2. The quantitative estimate of drug-likeness (QED) is 0.707. The molecule has 144 valence electrons. The molecule has 1 atom stereocenters. The highest BCUT2D eigenvalue weighted by molar-refractivity contribution is 5.94. The lowest BCUT2D eigenvalue weighted by molar-refractivity contribution is -0.123. The van der Waals surface area contributed by atoms with Crippen molar-refractivity contribution in [1.29, 1.82) is 0 Å². The van der Waals surface area contributed by atoms with Gasteiger partial charge in [-0.05, 0) is 55.0 Å². The highest BCUT2D eigenvalue weighted by Crippen LogP contribution is 2.14. The van der Waals surface area contributed by atoms with Crippen molar-refractivity contribution in [2.45, 2.75) is 19.4 Å². The molecule has 2 aromatic carbocycles. The molecule has 0 aliphatic heterocycles. The second-order valence-corrected chi connectivity index (χ2v) is 5.91. The molecule has 1 heterocycles. The average molecular weight is 385 g/mol. The molecular formula is C20H17F2N3O3. The molecule has 0 radical (unpaired) electrons. The van der Waals surface area contributed by atoms with E-state index in [-0.39, 0.29) is 5.88 Å². The molecule has 1 amide bonds. The highest BCUT2D eigenvalue weighted by Gasteiger charge is 2.20. The maximum atomic E-state index is 13.1.